The second-order valence-electron chi connectivity index (χ2n) is 4.80. The molecule has 8 nitrogen and oxygen atoms in total. The second kappa shape index (κ2) is 7.12. The molecule has 0 unspecified atom stereocenters. The Morgan fingerprint density at radius 2 is 1.60 bits per heavy atom. The highest BCUT2D eigenvalue weighted by Gasteiger charge is 2.20. The van der Waals surface area contributed by atoms with Crippen LogP contribution in [0.15, 0.2) is 56.7 Å². The number of nitrogens with one attached hydrogen (secondary N) is 1. The molecular formula is C14H13BrN2O6S2. The van der Waals surface area contributed by atoms with Crippen LogP contribution in [0.3, 0.4) is 0 Å². The third-order valence-corrected chi connectivity index (χ3v) is 5.90. The Labute approximate surface area is 153 Å². The van der Waals surface area contributed by atoms with Crippen molar-refractivity contribution >= 4 is 47.6 Å². The number of ether oxygens (including phenoxy) is 1. The van der Waals surface area contributed by atoms with Crippen LogP contribution in [0.2, 0.25) is 0 Å². The van der Waals surface area contributed by atoms with Crippen molar-refractivity contribution in [3.8, 4) is 0 Å². The molecule has 0 saturated carbocycles. The van der Waals surface area contributed by atoms with Crippen molar-refractivity contribution in [1.29, 1.82) is 0 Å². The van der Waals surface area contributed by atoms with Crippen LogP contribution < -0.4 is 9.86 Å². The van der Waals surface area contributed by atoms with Crippen molar-refractivity contribution in [2.45, 2.75) is 9.79 Å². The van der Waals surface area contributed by atoms with Crippen molar-refractivity contribution in [1.82, 2.24) is 0 Å². The number of hydrogen-bond donors (Lipinski definition) is 2. The lowest BCUT2D eigenvalue weighted by molar-refractivity contribution is 0.0602. The molecule has 0 aromatic heterocycles. The molecule has 0 amide bonds. The largest absolute Gasteiger partial charge is 0.465 e. The Morgan fingerprint density at radius 3 is 2.12 bits per heavy atom. The summed E-state index contributed by atoms with van der Waals surface area (Å²) in [6.07, 6.45) is 0. The Kier molecular flexibility index (Phi) is 5.52. The van der Waals surface area contributed by atoms with Crippen molar-refractivity contribution in [3.63, 3.8) is 0 Å². The summed E-state index contributed by atoms with van der Waals surface area (Å²) < 4.78 is 54.8. The van der Waals surface area contributed by atoms with Crippen molar-refractivity contribution in [2.24, 2.45) is 5.14 Å². The van der Waals surface area contributed by atoms with Crippen molar-refractivity contribution < 1.29 is 26.4 Å². The standard InChI is InChI=1S/C14H13BrN2O6S2/c1-23-14(18)12-8-9(15)2-7-13(12)17-25(21,22)11-5-3-10(4-6-11)24(16,19)20/h2-8,17H,1H3,(H2,16,19,20). The SMILES string of the molecule is COC(=O)c1cc(Br)ccc1NS(=O)(=O)c1ccc(S(N)(=O)=O)cc1. The second-order valence-corrected chi connectivity index (χ2v) is 8.96. The molecule has 2 rings (SSSR count). The number of methoxy groups -OCH3 is 1. The average Bonchev–Trinajstić information content (AvgIpc) is 2.55. The van der Waals surface area contributed by atoms with Gasteiger partial charge >= 0.3 is 5.97 Å². The molecule has 0 fully saturated rings. The van der Waals surface area contributed by atoms with E-state index in [0.717, 1.165) is 24.3 Å². The molecule has 2 aromatic rings. The zero-order chi connectivity index (χ0) is 18.8. The number of sulfonamides is 2. The Balaban J connectivity index is 2.41. The first kappa shape index (κ1) is 19.4. The third kappa shape index (κ3) is 4.57. The van der Waals surface area contributed by atoms with Crippen LogP contribution in [0, 0.1) is 0 Å². The van der Waals surface area contributed by atoms with Gasteiger partial charge in [-0.15, -0.1) is 0 Å². The van der Waals surface area contributed by atoms with Gasteiger partial charge < -0.3 is 4.74 Å². The lowest BCUT2D eigenvalue weighted by Gasteiger charge is -2.12. The average molecular weight is 449 g/mol. The van der Waals surface area contributed by atoms with Crippen molar-refractivity contribution in [3.05, 3.63) is 52.5 Å². The van der Waals surface area contributed by atoms with Crippen LogP contribution >= 0.6 is 15.9 Å². The molecule has 11 heteroatoms. The normalized spacial score (nSPS) is 11.8. The Bertz CT molecular complexity index is 1020. The molecule has 2 aromatic carbocycles. The summed E-state index contributed by atoms with van der Waals surface area (Å²) in [5, 5.41) is 4.97. The molecule has 134 valence electrons. The summed E-state index contributed by atoms with van der Waals surface area (Å²) in [6.45, 7) is 0. The van der Waals surface area contributed by atoms with Gasteiger partial charge in [0, 0.05) is 4.47 Å². The fourth-order valence-corrected chi connectivity index (χ4v) is 3.85. The molecule has 3 N–H and O–H groups in total. The Morgan fingerprint density at radius 1 is 1.04 bits per heavy atom. The highest BCUT2D eigenvalue weighted by molar-refractivity contribution is 9.10. The van der Waals surface area contributed by atoms with Crippen LogP contribution in [0.4, 0.5) is 5.69 Å². The lowest BCUT2D eigenvalue weighted by atomic mass is 10.2. The molecule has 0 heterocycles. The number of esters is 1. The van der Waals surface area contributed by atoms with Gasteiger partial charge in [-0.3, -0.25) is 4.72 Å². The number of nitrogens with two attached hydrogens (primary N) is 1. The van der Waals surface area contributed by atoms with E-state index < -0.39 is 26.0 Å². The highest BCUT2D eigenvalue weighted by Crippen LogP contribution is 2.25. The number of rotatable bonds is 5. The van der Waals surface area contributed by atoms with Crippen molar-refractivity contribution in [2.75, 3.05) is 11.8 Å². The van der Waals surface area contributed by atoms with Crippen LogP contribution in [0.1, 0.15) is 10.4 Å². The van der Waals surface area contributed by atoms with E-state index >= 15 is 0 Å². The van der Waals surface area contributed by atoms with Gasteiger partial charge in [0.05, 0.1) is 28.2 Å². The van der Waals surface area contributed by atoms with Crippen LogP contribution in [-0.2, 0) is 24.8 Å². The molecule has 25 heavy (non-hydrogen) atoms. The first-order valence-electron chi connectivity index (χ1n) is 6.58. The minimum absolute atomic E-state index is 0.0154. The number of hydrogen-bond acceptors (Lipinski definition) is 6. The topological polar surface area (TPSA) is 133 Å². The smallest absolute Gasteiger partial charge is 0.340 e. The third-order valence-electron chi connectivity index (χ3n) is 3.09. The zero-order valence-corrected chi connectivity index (χ0v) is 16.0. The van der Waals surface area contributed by atoms with Gasteiger partial charge in [0.1, 0.15) is 0 Å². The zero-order valence-electron chi connectivity index (χ0n) is 12.8. The molecule has 0 radical (unpaired) electrons. The summed E-state index contributed by atoms with van der Waals surface area (Å²) in [6, 6.07) is 8.70. The fraction of sp³-hybridized carbons (Fsp3) is 0.0714. The van der Waals surface area contributed by atoms with E-state index in [2.05, 4.69) is 25.4 Å². The van der Waals surface area contributed by atoms with Gasteiger partial charge in [-0.25, -0.2) is 26.8 Å². The molecule has 0 atom stereocenters. The maximum atomic E-state index is 12.5. The predicted molar refractivity (Wildman–Crippen MR) is 94.1 cm³/mol. The molecule has 0 aliphatic carbocycles. The quantitative estimate of drug-likeness (QED) is 0.668. The van der Waals surface area contributed by atoms with E-state index in [1.165, 1.54) is 19.2 Å². The molecule has 0 spiro atoms. The summed E-state index contributed by atoms with van der Waals surface area (Å²) >= 11 is 3.19. The summed E-state index contributed by atoms with van der Waals surface area (Å²) in [5.74, 6) is -0.719. The van der Waals surface area contributed by atoms with E-state index in [9.17, 15) is 21.6 Å². The van der Waals surface area contributed by atoms with E-state index in [0.29, 0.717) is 4.47 Å². The molecule has 0 aliphatic rings. The summed E-state index contributed by atoms with van der Waals surface area (Å²) in [7, 11) is -6.82. The maximum Gasteiger partial charge on any atom is 0.340 e. The van der Waals surface area contributed by atoms with Gasteiger partial charge in [0.2, 0.25) is 10.0 Å². The maximum absolute atomic E-state index is 12.5. The monoisotopic (exact) mass is 448 g/mol. The van der Waals surface area contributed by atoms with E-state index in [1.54, 1.807) is 6.07 Å². The molecule has 0 bridgehead atoms. The van der Waals surface area contributed by atoms with Crippen LogP contribution in [-0.4, -0.2) is 29.9 Å². The van der Waals surface area contributed by atoms with Gasteiger partial charge in [-0.2, -0.15) is 0 Å². The summed E-state index contributed by atoms with van der Waals surface area (Å²) in [5.41, 5.74) is 0.0344. The van der Waals surface area contributed by atoms with Crippen LogP contribution in [0.5, 0.6) is 0 Å². The first-order chi connectivity index (χ1) is 11.5. The first-order valence-corrected chi connectivity index (χ1v) is 10.4. The molecule has 0 saturated heterocycles. The number of anilines is 1. The minimum Gasteiger partial charge on any atom is -0.465 e. The van der Waals surface area contributed by atoms with Crippen LogP contribution in [0.25, 0.3) is 0 Å². The van der Waals surface area contributed by atoms with Gasteiger partial charge in [-0.05, 0) is 42.5 Å². The number of carbonyl (C=O) groups is 1. The summed E-state index contributed by atoms with van der Waals surface area (Å²) in [4.78, 5) is 11.4. The fourth-order valence-electron chi connectivity index (χ4n) is 1.90. The number of carbonyl (C=O) groups excluding carboxylic acids is 1. The lowest BCUT2D eigenvalue weighted by Crippen LogP contribution is -2.17. The van der Waals surface area contributed by atoms with Gasteiger partial charge in [0.15, 0.2) is 0 Å². The Hall–Kier alpha value is -1.95. The number of benzene rings is 2. The van der Waals surface area contributed by atoms with Gasteiger partial charge in [-0.1, -0.05) is 15.9 Å². The minimum atomic E-state index is -4.06. The molecule has 0 aliphatic heterocycles. The highest BCUT2D eigenvalue weighted by atomic mass is 79.9. The van der Waals surface area contributed by atoms with Gasteiger partial charge in [0.25, 0.3) is 10.0 Å². The van der Waals surface area contributed by atoms with E-state index in [-0.39, 0.29) is 21.0 Å². The predicted octanol–water partition coefficient (Wildman–Crippen LogP) is 1.68. The molecular weight excluding hydrogens is 436 g/mol. The number of primary sulfonamides is 1. The van der Waals surface area contributed by atoms with E-state index in [4.69, 9.17) is 5.14 Å². The number of halogens is 1. The van der Waals surface area contributed by atoms with E-state index in [1.807, 2.05) is 0 Å².